The molecule has 0 fully saturated rings. The molecule has 94 valence electrons. The van der Waals surface area contributed by atoms with Crippen LogP contribution in [-0.2, 0) is 0 Å². The van der Waals surface area contributed by atoms with Crippen molar-refractivity contribution in [1.29, 1.82) is 0 Å². The smallest absolute Gasteiger partial charge is 0.237 e. The van der Waals surface area contributed by atoms with Crippen LogP contribution in [0.2, 0.25) is 5.02 Å². The zero-order chi connectivity index (χ0) is 13.0. The van der Waals surface area contributed by atoms with Crippen LogP contribution in [0, 0.1) is 0 Å². The van der Waals surface area contributed by atoms with Crippen molar-refractivity contribution in [2.75, 3.05) is 5.73 Å². The topological polar surface area (TPSA) is 52.0 Å². The van der Waals surface area contributed by atoms with Gasteiger partial charge in [-0.1, -0.05) is 11.6 Å². The molecule has 3 nitrogen and oxygen atoms in total. The first-order valence-electron chi connectivity index (χ1n) is 5.54. The third-order valence-corrected chi connectivity index (χ3v) is 5.27. The number of benzene rings is 1. The highest BCUT2D eigenvalue weighted by atomic mass is 35.5. The fourth-order valence-electron chi connectivity index (χ4n) is 1.94. The lowest BCUT2D eigenvalue weighted by Gasteiger charge is -1.94. The van der Waals surface area contributed by atoms with Crippen LogP contribution in [0.25, 0.3) is 31.3 Å². The van der Waals surface area contributed by atoms with E-state index in [1.807, 2.05) is 0 Å². The van der Waals surface area contributed by atoms with E-state index in [0.29, 0.717) is 22.2 Å². The summed E-state index contributed by atoms with van der Waals surface area (Å²) in [5, 5.41) is 2.58. The van der Waals surface area contributed by atoms with E-state index >= 15 is 0 Å². The van der Waals surface area contributed by atoms with Crippen molar-refractivity contribution < 1.29 is 4.42 Å². The number of nitrogens with two attached hydrogens (primary N) is 1. The largest absolute Gasteiger partial charge is 0.435 e. The number of nitrogen functional groups attached to an aromatic ring is 1. The van der Waals surface area contributed by atoms with Crippen LogP contribution in [0.3, 0.4) is 0 Å². The van der Waals surface area contributed by atoms with E-state index in [4.69, 9.17) is 21.8 Å². The number of oxazole rings is 1. The number of rotatable bonds is 1. The molecule has 0 saturated heterocycles. The second-order valence-electron chi connectivity index (χ2n) is 4.12. The van der Waals surface area contributed by atoms with Crippen molar-refractivity contribution in [3.05, 3.63) is 34.7 Å². The van der Waals surface area contributed by atoms with Crippen molar-refractivity contribution in [1.82, 2.24) is 4.98 Å². The molecule has 3 heterocycles. The number of halogens is 1. The predicted octanol–water partition coefficient (Wildman–Crippen LogP) is 5.01. The Bertz CT molecular complexity index is 838. The summed E-state index contributed by atoms with van der Waals surface area (Å²) in [6.07, 6.45) is 0. The van der Waals surface area contributed by atoms with E-state index in [1.165, 1.54) is 9.40 Å². The Morgan fingerprint density at radius 2 is 2.11 bits per heavy atom. The van der Waals surface area contributed by atoms with E-state index in [2.05, 4.69) is 22.5 Å². The molecule has 6 heteroatoms. The molecule has 4 aromatic rings. The second-order valence-corrected chi connectivity index (χ2v) is 6.56. The van der Waals surface area contributed by atoms with Crippen molar-refractivity contribution in [2.24, 2.45) is 0 Å². The highest BCUT2D eigenvalue weighted by Gasteiger charge is 2.13. The van der Waals surface area contributed by atoms with E-state index in [1.54, 1.807) is 34.8 Å². The molecule has 3 aromatic heterocycles. The van der Waals surface area contributed by atoms with E-state index < -0.39 is 0 Å². The van der Waals surface area contributed by atoms with Gasteiger partial charge in [-0.2, -0.15) is 0 Å². The minimum absolute atomic E-state index is 0.500. The molecule has 0 aliphatic heterocycles. The van der Waals surface area contributed by atoms with Crippen molar-refractivity contribution in [3.8, 4) is 10.8 Å². The molecule has 0 amide bonds. The molecule has 0 aliphatic carbocycles. The van der Waals surface area contributed by atoms with Crippen LogP contribution < -0.4 is 5.73 Å². The highest BCUT2D eigenvalue weighted by molar-refractivity contribution is 7.28. The van der Waals surface area contributed by atoms with E-state index in [9.17, 15) is 0 Å². The first kappa shape index (κ1) is 11.3. The van der Waals surface area contributed by atoms with Crippen LogP contribution in [0.5, 0.6) is 0 Å². The molecule has 0 spiro atoms. The third kappa shape index (κ3) is 1.74. The molecule has 0 unspecified atom stereocenters. The Morgan fingerprint density at radius 3 is 2.95 bits per heavy atom. The second kappa shape index (κ2) is 3.96. The Labute approximate surface area is 121 Å². The van der Waals surface area contributed by atoms with Gasteiger partial charge in [0.05, 0.1) is 15.6 Å². The van der Waals surface area contributed by atoms with Crippen LogP contribution in [-0.4, -0.2) is 4.98 Å². The monoisotopic (exact) mass is 306 g/mol. The summed E-state index contributed by atoms with van der Waals surface area (Å²) in [6.45, 7) is 0. The number of anilines is 1. The average Bonchev–Trinajstić information content (AvgIpc) is 3.01. The van der Waals surface area contributed by atoms with Crippen molar-refractivity contribution in [2.45, 2.75) is 0 Å². The molecule has 0 radical (unpaired) electrons. The van der Waals surface area contributed by atoms with Crippen LogP contribution >= 0.6 is 34.3 Å². The average molecular weight is 307 g/mol. The number of fused-ring (bicyclic) bond motifs is 2. The fraction of sp³-hybridized carbons (Fsp3) is 0. The van der Waals surface area contributed by atoms with Gasteiger partial charge in [-0.3, -0.25) is 0 Å². The summed E-state index contributed by atoms with van der Waals surface area (Å²) in [4.78, 5) is 5.49. The third-order valence-electron chi connectivity index (χ3n) is 2.86. The van der Waals surface area contributed by atoms with Gasteiger partial charge in [0.2, 0.25) is 5.89 Å². The normalized spacial score (nSPS) is 11.6. The standard InChI is InChI=1S/C13H7ClN2OS2/c14-6-3-8-9(4-7(6)15)17-13(16-8)12-5-11-10(19-12)1-2-18-11/h1-5H,15H2. The summed E-state index contributed by atoms with van der Waals surface area (Å²) in [5.74, 6) is 0.616. The molecule has 0 atom stereocenters. The zero-order valence-electron chi connectivity index (χ0n) is 9.51. The first-order chi connectivity index (χ1) is 9.20. The highest BCUT2D eigenvalue weighted by Crippen LogP contribution is 2.37. The van der Waals surface area contributed by atoms with Gasteiger partial charge in [0.15, 0.2) is 5.58 Å². The van der Waals surface area contributed by atoms with Crippen molar-refractivity contribution >= 4 is 60.5 Å². The van der Waals surface area contributed by atoms with Gasteiger partial charge in [-0.25, -0.2) is 4.98 Å². The molecule has 0 saturated carbocycles. The lowest BCUT2D eigenvalue weighted by molar-refractivity contribution is 0.622. The summed E-state index contributed by atoms with van der Waals surface area (Å²) in [5.41, 5.74) is 7.66. The molecule has 2 N–H and O–H groups in total. The lowest BCUT2D eigenvalue weighted by atomic mass is 10.3. The van der Waals surface area contributed by atoms with Gasteiger partial charge in [-0.05, 0) is 23.6 Å². The Kier molecular flexibility index (Phi) is 2.35. The molecule has 1 aromatic carbocycles. The maximum atomic E-state index is 5.99. The zero-order valence-corrected chi connectivity index (χ0v) is 11.9. The predicted molar refractivity (Wildman–Crippen MR) is 82.1 cm³/mol. The van der Waals surface area contributed by atoms with Gasteiger partial charge in [-0.15, -0.1) is 22.7 Å². The molecule has 19 heavy (non-hydrogen) atoms. The minimum atomic E-state index is 0.500. The molecular weight excluding hydrogens is 300 g/mol. The SMILES string of the molecule is Nc1cc2oc(-c3cc4sccc4s3)nc2cc1Cl. The number of aromatic nitrogens is 1. The van der Waals surface area contributed by atoms with Gasteiger partial charge in [0, 0.05) is 15.5 Å². The number of hydrogen-bond donors (Lipinski definition) is 1. The van der Waals surface area contributed by atoms with Gasteiger partial charge in [0.25, 0.3) is 0 Å². The summed E-state index contributed by atoms with van der Waals surface area (Å²) in [7, 11) is 0. The van der Waals surface area contributed by atoms with E-state index in [-0.39, 0.29) is 0 Å². The Balaban J connectivity index is 1.93. The number of thiophene rings is 2. The maximum Gasteiger partial charge on any atom is 0.237 e. The Hall–Kier alpha value is -1.56. The fourth-order valence-corrected chi connectivity index (χ4v) is 4.13. The lowest BCUT2D eigenvalue weighted by Crippen LogP contribution is -1.84. The minimum Gasteiger partial charge on any atom is -0.435 e. The van der Waals surface area contributed by atoms with Gasteiger partial charge in [0.1, 0.15) is 5.52 Å². The summed E-state index contributed by atoms with van der Waals surface area (Å²) in [6, 6.07) is 7.64. The maximum absolute atomic E-state index is 5.99. The van der Waals surface area contributed by atoms with Crippen LogP contribution in [0.15, 0.2) is 34.1 Å². The molecule has 0 aliphatic rings. The van der Waals surface area contributed by atoms with Crippen molar-refractivity contribution in [3.63, 3.8) is 0 Å². The first-order valence-corrected chi connectivity index (χ1v) is 7.61. The van der Waals surface area contributed by atoms with Crippen LogP contribution in [0.4, 0.5) is 5.69 Å². The molecule has 4 rings (SSSR count). The number of hydrogen-bond acceptors (Lipinski definition) is 5. The Morgan fingerprint density at radius 1 is 1.21 bits per heavy atom. The quantitative estimate of drug-likeness (QED) is 0.503. The van der Waals surface area contributed by atoms with Crippen LogP contribution in [0.1, 0.15) is 0 Å². The molecular formula is C13H7ClN2OS2. The van der Waals surface area contributed by atoms with Gasteiger partial charge < -0.3 is 10.2 Å². The number of nitrogens with zero attached hydrogens (tertiary/aromatic N) is 1. The van der Waals surface area contributed by atoms with Gasteiger partial charge >= 0.3 is 0 Å². The summed E-state index contributed by atoms with van der Waals surface area (Å²) < 4.78 is 8.25. The van der Waals surface area contributed by atoms with E-state index in [0.717, 1.165) is 10.4 Å². The summed E-state index contributed by atoms with van der Waals surface area (Å²) >= 11 is 9.37. The molecule has 0 bridgehead atoms.